The van der Waals surface area contributed by atoms with Crippen LogP contribution in [-0.2, 0) is 4.79 Å². The first-order chi connectivity index (χ1) is 7.33. The monoisotopic (exact) mass is 205 g/mol. The third-order valence-electron chi connectivity index (χ3n) is 2.82. The van der Waals surface area contributed by atoms with E-state index in [9.17, 15) is 4.79 Å². The Morgan fingerprint density at radius 2 is 2.53 bits per heavy atom. The summed E-state index contributed by atoms with van der Waals surface area (Å²) in [6, 6.07) is 4.09. The van der Waals surface area contributed by atoms with Crippen molar-refractivity contribution in [2.45, 2.75) is 18.9 Å². The van der Waals surface area contributed by atoms with Crippen molar-refractivity contribution < 1.29 is 4.79 Å². The van der Waals surface area contributed by atoms with E-state index in [1.807, 2.05) is 23.2 Å². The molecular weight excluding hydrogens is 190 g/mol. The first-order valence-corrected chi connectivity index (χ1v) is 5.22. The Morgan fingerprint density at radius 3 is 3.20 bits per heavy atom. The number of carbonyl (C=O) groups is 1. The van der Waals surface area contributed by atoms with Gasteiger partial charge in [-0.25, -0.2) is 0 Å². The zero-order valence-electron chi connectivity index (χ0n) is 8.60. The molecule has 1 aromatic rings. The van der Waals surface area contributed by atoms with Crippen molar-refractivity contribution in [2.24, 2.45) is 5.73 Å². The lowest BCUT2D eigenvalue weighted by Crippen LogP contribution is -2.35. The van der Waals surface area contributed by atoms with E-state index in [0.29, 0.717) is 0 Å². The number of likely N-dealkylation sites (tertiary alicyclic amines) is 1. The molecule has 2 N–H and O–H groups in total. The van der Waals surface area contributed by atoms with Gasteiger partial charge in [-0.3, -0.25) is 9.78 Å². The fraction of sp³-hybridized carbons (Fsp3) is 0.455. The van der Waals surface area contributed by atoms with Crippen molar-refractivity contribution >= 4 is 5.91 Å². The van der Waals surface area contributed by atoms with E-state index in [1.54, 1.807) is 6.20 Å². The molecule has 0 saturated carbocycles. The van der Waals surface area contributed by atoms with Crippen LogP contribution in [0.25, 0.3) is 0 Å². The summed E-state index contributed by atoms with van der Waals surface area (Å²) in [6.45, 7) is 0.909. The third kappa shape index (κ3) is 1.99. The SMILES string of the molecule is NCC(=O)N1CCCC1c1cccnc1. The first-order valence-electron chi connectivity index (χ1n) is 5.22. The minimum absolute atomic E-state index is 0.0290. The maximum atomic E-state index is 11.6. The molecule has 1 unspecified atom stereocenters. The van der Waals surface area contributed by atoms with Crippen LogP contribution < -0.4 is 5.73 Å². The Morgan fingerprint density at radius 1 is 1.67 bits per heavy atom. The minimum Gasteiger partial charge on any atom is -0.335 e. The topological polar surface area (TPSA) is 59.2 Å². The average molecular weight is 205 g/mol. The van der Waals surface area contributed by atoms with Crippen molar-refractivity contribution in [3.63, 3.8) is 0 Å². The highest BCUT2D eigenvalue weighted by molar-refractivity contribution is 5.78. The molecule has 0 bridgehead atoms. The molecule has 1 amide bonds. The standard InChI is InChI=1S/C11H15N3O/c12-7-11(15)14-6-2-4-10(14)9-3-1-5-13-8-9/h1,3,5,8,10H,2,4,6-7,12H2. The van der Waals surface area contributed by atoms with Crippen LogP contribution in [0.4, 0.5) is 0 Å². The van der Waals surface area contributed by atoms with Gasteiger partial charge in [-0.1, -0.05) is 6.07 Å². The van der Waals surface area contributed by atoms with Crippen molar-refractivity contribution in [2.75, 3.05) is 13.1 Å². The van der Waals surface area contributed by atoms with E-state index in [1.165, 1.54) is 0 Å². The molecule has 1 aliphatic heterocycles. The van der Waals surface area contributed by atoms with Gasteiger partial charge in [0.05, 0.1) is 12.6 Å². The zero-order chi connectivity index (χ0) is 10.7. The summed E-state index contributed by atoms with van der Waals surface area (Å²) in [5.74, 6) is 0.0290. The van der Waals surface area contributed by atoms with Gasteiger partial charge in [0.15, 0.2) is 0 Å². The second kappa shape index (κ2) is 4.40. The summed E-state index contributed by atoms with van der Waals surface area (Å²) in [7, 11) is 0. The molecule has 2 heterocycles. The van der Waals surface area contributed by atoms with Crippen LogP contribution in [0.15, 0.2) is 24.5 Å². The Balaban J connectivity index is 2.18. The Bertz CT molecular complexity index is 339. The fourth-order valence-electron chi connectivity index (χ4n) is 2.10. The van der Waals surface area contributed by atoms with Gasteiger partial charge in [0, 0.05) is 18.9 Å². The number of nitrogens with two attached hydrogens (primary N) is 1. The second-order valence-corrected chi connectivity index (χ2v) is 3.74. The van der Waals surface area contributed by atoms with E-state index >= 15 is 0 Å². The molecule has 4 heteroatoms. The largest absolute Gasteiger partial charge is 0.335 e. The number of hydrogen-bond acceptors (Lipinski definition) is 3. The lowest BCUT2D eigenvalue weighted by molar-refractivity contribution is -0.130. The summed E-state index contributed by atoms with van der Waals surface area (Å²) < 4.78 is 0. The molecule has 2 rings (SSSR count). The summed E-state index contributed by atoms with van der Waals surface area (Å²) in [4.78, 5) is 17.5. The van der Waals surface area contributed by atoms with Crippen LogP contribution in [0.2, 0.25) is 0 Å². The minimum atomic E-state index is 0.0290. The fourth-order valence-corrected chi connectivity index (χ4v) is 2.10. The van der Waals surface area contributed by atoms with Crippen LogP contribution in [0.5, 0.6) is 0 Å². The van der Waals surface area contributed by atoms with Gasteiger partial charge in [0.1, 0.15) is 0 Å². The molecular formula is C11H15N3O. The Kier molecular flexibility index (Phi) is 2.97. The number of pyridine rings is 1. The molecule has 1 saturated heterocycles. The van der Waals surface area contributed by atoms with E-state index in [4.69, 9.17) is 5.73 Å². The number of amides is 1. The van der Waals surface area contributed by atoms with Crippen LogP contribution in [0.1, 0.15) is 24.4 Å². The Hall–Kier alpha value is -1.42. The molecule has 1 fully saturated rings. The molecule has 0 spiro atoms. The quantitative estimate of drug-likeness (QED) is 0.773. The molecule has 0 aromatic carbocycles. The van der Waals surface area contributed by atoms with Crippen molar-refractivity contribution in [3.05, 3.63) is 30.1 Å². The number of carbonyl (C=O) groups excluding carboxylic acids is 1. The van der Waals surface area contributed by atoms with E-state index in [-0.39, 0.29) is 18.5 Å². The van der Waals surface area contributed by atoms with Crippen LogP contribution >= 0.6 is 0 Å². The van der Waals surface area contributed by atoms with E-state index in [2.05, 4.69) is 4.98 Å². The maximum Gasteiger partial charge on any atom is 0.236 e. The summed E-state index contributed by atoms with van der Waals surface area (Å²) in [5.41, 5.74) is 6.49. The molecule has 80 valence electrons. The Labute approximate surface area is 89.1 Å². The molecule has 4 nitrogen and oxygen atoms in total. The van der Waals surface area contributed by atoms with Gasteiger partial charge in [-0.2, -0.15) is 0 Å². The molecule has 1 atom stereocenters. The molecule has 15 heavy (non-hydrogen) atoms. The van der Waals surface area contributed by atoms with Gasteiger partial charge < -0.3 is 10.6 Å². The normalized spacial score (nSPS) is 20.6. The molecule has 1 aliphatic rings. The average Bonchev–Trinajstić information content (AvgIpc) is 2.78. The smallest absolute Gasteiger partial charge is 0.236 e. The summed E-state index contributed by atoms with van der Waals surface area (Å²) in [6.07, 6.45) is 5.63. The zero-order valence-corrected chi connectivity index (χ0v) is 8.60. The highest BCUT2D eigenvalue weighted by Crippen LogP contribution is 2.30. The van der Waals surface area contributed by atoms with Crippen LogP contribution in [0.3, 0.4) is 0 Å². The van der Waals surface area contributed by atoms with Gasteiger partial charge in [-0.05, 0) is 24.5 Å². The predicted octanol–water partition coefficient (Wildman–Crippen LogP) is 0.704. The number of nitrogens with zero attached hydrogens (tertiary/aromatic N) is 2. The summed E-state index contributed by atoms with van der Waals surface area (Å²) >= 11 is 0. The van der Waals surface area contributed by atoms with Gasteiger partial charge in [0.25, 0.3) is 0 Å². The maximum absolute atomic E-state index is 11.6. The summed E-state index contributed by atoms with van der Waals surface area (Å²) in [5, 5.41) is 0. The first kappa shape index (κ1) is 10.1. The van der Waals surface area contributed by atoms with Crippen molar-refractivity contribution in [1.82, 2.24) is 9.88 Å². The van der Waals surface area contributed by atoms with E-state index < -0.39 is 0 Å². The predicted molar refractivity (Wildman–Crippen MR) is 57.0 cm³/mol. The van der Waals surface area contributed by atoms with Crippen LogP contribution in [-0.4, -0.2) is 28.9 Å². The van der Waals surface area contributed by atoms with Gasteiger partial charge in [0.2, 0.25) is 5.91 Å². The molecule has 0 aliphatic carbocycles. The number of rotatable bonds is 2. The highest BCUT2D eigenvalue weighted by Gasteiger charge is 2.28. The van der Waals surface area contributed by atoms with E-state index in [0.717, 1.165) is 24.9 Å². The lowest BCUT2D eigenvalue weighted by atomic mass is 10.1. The van der Waals surface area contributed by atoms with Crippen molar-refractivity contribution in [1.29, 1.82) is 0 Å². The van der Waals surface area contributed by atoms with Crippen molar-refractivity contribution in [3.8, 4) is 0 Å². The second-order valence-electron chi connectivity index (χ2n) is 3.74. The lowest BCUT2D eigenvalue weighted by Gasteiger charge is -2.24. The molecule has 0 radical (unpaired) electrons. The molecule has 1 aromatic heterocycles. The highest BCUT2D eigenvalue weighted by atomic mass is 16.2. The van der Waals surface area contributed by atoms with Gasteiger partial charge in [-0.15, -0.1) is 0 Å². The third-order valence-corrected chi connectivity index (χ3v) is 2.82. The number of hydrogen-bond donors (Lipinski definition) is 1. The van der Waals surface area contributed by atoms with Crippen LogP contribution in [0, 0.1) is 0 Å². The number of aromatic nitrogens is 1. The van der Waals surface area contributed by atoms with Gasteiger partial charge >= 0.3 is 0 Å².